The molecular weight excluding hydrogens is 362 g/mol. The van der Waals surface area contributed by atoms with E-state index in [0.29, 0.717) is 12.5 Å². The lowest BCUT2D eigenvalue weighted by Gasteiger charge is -2.29. The second kappa shape index (κ2) is 9.90. The molecule has 1 fully saturated rings. The number of carbonyl (C=O) groups excluding carboxylic acids is 1. The monoisotopic (exact) mass is 397 g/mol. The number of para-hydroxylation sites is 1. The lowest BCUT2D eigenvalue weighted by atomic mass is 9.98. The summed E-state index contributed by atoms with van der Waals surface area (Å²) in [5, 5.41) is 3.19. The van der Waals surface area contributed by atoms with Crippen molar-refractivity contribution >= 4 is 11.6 Å². The molecule has 1 aliphatic heterocycles. The Hall–Kier alpha value is -2.37. The number of hydrogen-bond acceptors (Lipinski definition) is 2. The molecule has 1 saturated heterocycles. The highest BCUT2D eigenvalue weighted by Gasteiger charge is 2.25. The molecule has 156 valence electrons. The Morgan fingerprint density at radius 2 is 1.69 bits per heavy atom. The normalized spacial score (nSPS) is 19.2. The summed E-state index contributed by atoms with van der Waals surface area (Å²) in [4.78, 5) is 15.6. The van der Waals surface area contributed by atoms with Gasteiger partial charge in [0, 0.05) is 11.3 Å². The van der Waals surface area contributed by atoms with Crippen LogP contribution in [0.4, 0.5) is 5.69 Å². The van der Waals surface area contributed by atoms with Crippen LogP contribution in [-0.4, -0.2) is 45.7 Å². The number of hydrogen-bond donors (Lipinski definition) is 3. The number of rotatable bonds is 7. The fraction of sp³-hybridized carbons (Fsp3) is 0.458. The predicted octanol–water partition coefficient (Wildman–Crippen LogP) is 1.05. The topological polar surface area (TPSA) is 47.2 Å². The van der Waals surface area contributed by atoms with Gasteiger partial charge in [-0.05, 0) is 48.2 Å². The van der Waals surface area contributed by atoms with Gasteiger partial charge in [0.15, 0.2) is 6.54 Å². The Morgan fingerprint density at radius 3 is 2.31 bits per heavy atom. The largest absolute Gasteiger partial charge is 0.497 e. The fourth-order valence-electron chi connectivity index (χ4n) is 4.10. The van der Waals surface area contributed by atoms with E-state index in [1.54, 1.807) is 12.0 Å². The van der Waals surface area contributed by atoms with E-state index in [-0.39, 0.29) is 5.91 Å². The van der Waals surface area contributed by atoms with Crippen LogP contribution in [0.5, 0.6) is 5.75 Å². The number of benzene rings is 2. The Bertz CT molecular complexity index is 809. The first-order chi connectivity index (χ1) is 14.0. The summed E-state index contributed by atoms with van der Waals surface area (Å²) in [7, 11) is 1.70. The van der Waals surface area contributed by atoms with Crippen LogP contribution in [0, 0.1) is 6.92 Å². The van der Waals surface area contributed by atoms with Crippen molar-refractivity contribution in [3.8, 4) is 5.75 Å². The van der Waals surface area contributed by atoms with E-state index < -0.39 is 0 Å². The van der Waals surface area contributed by atoms with Gasteiger partial charge < -0.3 is 19.9 Å². The standard InChI is InChI=1S/C24H33N3O2/c1-18(2)22-7-5-6-19(3)24(22)25-23(28)17-27-14-12-26(13-15-27)16-20-8-10-21(29-4)11-9-20/h5-11,18H,12-17H2,1-4H3,(H,25,28)/p+2. The van der Waals surface area contributed by atoms with Gasteiger partial charge in [0.2, 0.25) is 0 Å². The Kier molecular flexibility index (Phi) is 7.29. The zero-order chi connectivity index (χ0) is 20.8. The molecule has 2 aromatic carbocycles. The molecule has 3 rings (SSSR count). The highest BCUT2D eigenvalue weighted by atomic mass is 16.5. The van der Waals surface area contributed by atoms with Gasteiger partial charge in [-0.25, -0.2) is 0 Å². The SMILES string of the molecule is COc1ccc(C[NH+]2CC[NH+](CC(=O)Nc3c(C)cccc3C(C)C)CC2)cc1. The smallest absolute Gasteiger partial charge is 0.279 e. The molecule has 0 atom stereocenters. The molecule has 1 amide bonds. The number of ether oxygens (including phenoxy) is 1. The molecule has 0 aromatic heterocycles. The van der Waals surface area contributed by atoms with Crippen LogP contribution in [0.25, 0.3) is 0 Å². The summed E-state index contributed by atoms with van der Waals surface area (Å²) in [6.07, 6.45) is 0. The summed E-state index contributed by atoms with van der Waals surface area (Å²) in [5.41, 5.74) is 4.67. The molecule has 0 saturated carbocycles. The summed E-state index contributed by atoms with van der Waals surface area (Å²) in [6.45, 7) is 12.2. The first-order valence-corrected chi connectivity index (χ1v) is 10.7. The van der Waals surface area contributed by atoms with E-state index in [1.165, 1.54) is 16.0 Å². The maximum atomic E-state index is 12.7. The highest BCUT2D eigenvalue weighted by Crippen LogP contribution is 2.27. The zero-order valence-electron chi connectivity index (χ0n) is 18.2. The quantitative estimate of drug-likeness (QED) is 0.654. The van der Waals surface area contributed by atoms with Crippen LogP contribution in [0.1, 0.15) is 36.5 Å². The highest BCUT2D eigenvalue weighted by molar-refractivity contribution is 5.93. The number of piperazine rings is 1. The first-order valence-electron chi connectivity index (χ1n) is 10.7. The van der Waals surface area contributed by atoms with Crippen LogP contribution >= 0.6 is 0 Å². The number of anilines is 1. The Balaban J connectivity index is 1.49. The third kappa shape index (κ3) is 5.81. The molecule has 0 aliphatic carbocycles. The summed E-state index contributed by atoms with van der Waals surface area (Å²) in [5.74, 6) is 1.41. The molecule has 5 heteroatoms. The maximum absolute atomic E-state index is 12.7. The first kappa shape index (κ1) is 21.3. The number of carbonyl (C=O) groups is 1. The van der Waals surface area contributed by atoms with Crippen LogP contribution in [0.3, 0.4) is 0 Å². The van der Waals surface area contributed by atoms with Gasteiger partial charge in [0.1, 0.15) is 38.5 Å². The maximum Gasteiger partial charge on any atom is 0.279 e. The van der Waals surface area contributed by atoms with Crippen molar-refractivity contribution in [2.24, 2.45) is 0 Å². The molecule has 0 radical (unpaired) electrons. The minimum atomic E-state index is 0.120. The van der Waals surface area contributed by atoms with Crippen molar-refractivity contribution in [2.75, 3.05) is 45.2 Å². The van der Waals surface area contributed by atoms with Crippen molar-refractivity contribution in [3.63, 3.8) is 0 Å². The van der Waals surface area contributed by atoms with Gasteiger partial charge in [-0.2, -0.15) is 0 Å². The molecule has 0 bridgehead atoms. The average molecular weight is 398 g/mol. The molecule has 29 heavy (non-hydrogen) atoms. The number of aryl methyl sites for hydroxylation is 1. The van der Waals surface area contributed by atoms with Crippen molar-refractivity contribution in [2.45, 2.75) is 33.2 Å². The average Bonchev–Trinajstić information content (AvgIpc) is 2.71. The van der Waals surface area contributed by atoms with Gasteiger partial charge in [0.25, 0.3) is 5.91 Å². The van der Waals surface area contributed by atoms with E-state index in [2.05, 4.69) is 56.4 Å². The van der Waals surface area contributed by atoms with E-state index in [9.17, 15) is 4.79 Å². The van der Waals surface area contributed by atoms with Crippen molar-refractivity contribution in [1.29, 1.82) is 0 Å². The Labute approximate surface area is 174 Å². The molecule has 0 spiro atoms. The second-order valence-corrected chi connectivity index (χ2v) is 8.44. The van der Waals surface area contributed by atoms with Gasteiger partial charge >= 0.3 is 0 Å². The van der Waals surface area contributed by atoms with Crippen LogP contribution in [0.2, 0.25) is 0 Å². The fourth-order valence-corrected chi connectivity index (χ4v) is 4.10. The molecular formula is C24H35N3O2+2. The van der Waals surface area contributed by atoms with Crippen LogP contribution < -0.4 is 19.9 Å². The molecule has 1 aliphatic rings. The van der Waals surface area contributed by atoms with Crippen LogP contribution in [0.15, 0.2) is 42.5 Å². The van der Waals surface area contributed by atoms with E-state index in [0.717, 1.165) is 49.7 Å². The predicted molar refractivity (Wildman–Crippen MR) is 117 cm³/mol. The lowest BCUT2D eigenvalue weighted by molar-refractivity contribution is -1.02. The van der Waals surface area contributed by atoms with Crippen molar-refractivity contribution in [1.82, 2.24) is 0 Å². The van der Waals surface area contributed by atoms with Gasteiger partial charge in [-0.15, -0.1) is 0 Å². The molecule has 2 aromatic rings. The summed E-state index contributed by atoms with van der Waals surface area (Å²) in [6, 6.07) is 14.6. The third-order valence-corrected chi connectivity index (χ3v) is 5.88. The number of nitrogens with one attached hydrogen (secondary N) is 3. The third-order valence-electron chi connectivity index (χ3n) is 5.88. The lowest BCUT2D eigenvalue weighted by Crippen LogP contribution is -3.28. The summed E-state index contributed by atoms with van der Waals surface area (Å²) < 4.78 is 5.23. The van der Waals surface area contributed by atoms with Gasteiger partial charge in [-0.3, -0.25) is 4.79 Å². The minimum absolute atomic E-state index is 0.120. The van der Waals surface area contributed by atoms with E-state index in [4.69, 9.17) is 4.74 Å². The Morgan fingerprint density at radius 1 is 1.03 bits per heavy atom. The second-order valence-electron chi connectivity index (χ2n) is 8.44. The van der Waals surface area contributed by atoms with Crippen molar-refractivity contribution < 1.29 is 19.3 Å². The molecule has 5 nitrogen and oxygen atoms in total. The van der Waals surface area contributed by atoms with Crippen LogP contribution in [-0.2, 0) is 11.3 Å². The summed E-state index contributed by atoms with van der Waals surface area (Å²) >= 11 is 0. The van der Waals surface area contributed by atoms with Gasteiger partial charge in [-0.1, -0.05) is 32.0 Å². The number of methoxy groups -OCH3 is 1. The number of quaternary nitrogens is 2. The molecule has 3 N–H and O–H groups in total. The molecule has 0 unspecified atom stereocenters. The van der Waals surface area contributed by atoms with E-state index in [1.807, 2.05) is 12.1 Å². The van der Waals surface area contributed by atoms with E-state index >= 15 is 0 Å². The molecule has 1 heterocycles. The van der Waals surface area contributed by atoms with Gasteiger partial charge in [0.05, 0.1) is 7.11 Å². The number of amides is 1. The van der Waals surface area contributed by atoms with Crippen molar-refractivity contribution in [3.05, 3.63) is 59.2 Å². The minimum Gasteiger partial charge on any atom is -0.497 e. The zero-order valence-corrected chi connectivity index (χ0v) is 18.2.